The van der Waals surface area contributed by atoms with Crippen LogP contribution in [0.4, 0.5) is 11.4 Å². The van der Waals surface area contributed by atoms with Crippen LogP contribution >= 0.6 is 0 Å². The quantitative estimate of drug-likeness (QED) is 0.618. The van der Waals surface area contributed by atoms with Gasteiger partial charge < -0.3 is 4.90 Å². The Morgan fingerprint density at radius 1 is 1.09 bits per heavy atom. The lowest BCUT2D eigenvalue weighted by molar-refractivity contribution is -0.121. The van der Waals surface area contributed by atoms with E-state index in [0.29, 0.717) is 6.42 Å². The molecule has 2 aromatic rings. The lowest BCUT2D eigenvalue weighted by Gasteiger charge is -2.19. The Labute approximate surface area is 137 Å². The van der Waals surface area contributed by atoms with Crippen LogP contribution in [0.5, 0.6) is 0 Å². The lowest BCUT2D eigenvalue weighted by Crippen LogP contribution is -2.16. The number of para-hydroxylation sites is 1. The Morgan fingerprint density at radius 2 is 1.74 bits per heavy atom. The highest BCUT2D eigenvalue weighted by Gasteiger charge is 2.02. The summed E-state index contributed by atoms with van der Waals surface area (Å²) in [4.78, 5) is 13.6. The molecule has 0 aliphatic rings. The molecule has 0 atom stereocenters. The van der Waals surface area contributed by atoms with Gasteiger partial charge in [-0.25, -0.2) is 5.43 Å². The van der Waals surface area contributed by atoms with Crippen LogP contribution in [0.25, 0.3) is 0 Å². The van der Waals surface area contributed by atoms with E-state index in [0.717, 1.165) is 29.8 Å². The minimum absolute atomic E-state index is 0.0384. The Balaban J connectivity index is 1.93. The lowest BCUT2D eigenvalue weighted by atomic mass is 10.2. The number of unbranched alkanes of at least 4 members (excludes halogenated alkanes) is 1. The molecule has 0 aliphatic carbocycles. The highest BCUT2D eigenvalue weighted by Crippen LogP contribution is 2.22. The molecule has 0 fully saturated rings. The highest BCUT2D eigenvalue weighted by molar-refractivity contribution is 5.83. The van der Waals surface area contributed by atoms with Gasteiger partial charge in [0.25, 0.3) is 0 Å². The standard InChI is InChI=1S/C19H23N3O/c1-3-4-10-19(23)21-20-15-16-11-13-18(14-12-16)22(2)17-8-6-5-7-9-17/h5-9,11-15H,3-4,10H2,1-2H3,(H,21,23). The van der Waals surface area contributed by atoms with Crippen LogP contribution < -0.4 is 10.3 Å². The first-order chi connectivity index (χ1) is 11.2. The van der Waals surface area contributed by atoms with Gasteiger partial charge >= 0.3 is 0 Å². The average Bonchev–Trinajstić information content (AvgIpc) is 2.60. The average molecular weight is 309 g/mol. The van der Waals surface area contributed by atoms with Crippen molar-refractivity contribution in [3.8, 4) is 0 Å². The van der Waals surface area contributed by atoms with Crippen molar-refractivity contribution in [3.63, 3.8) is 0 Å². The number of hydrogen-bond donors (Lipinski definition) is 1. The molecule has 0 heterocycles. The topological polar surface area (TPSA) is 44.7 Å². The van der Waals surface area contributed by atoms with E-state index >= 15 is 0 Å². The molecule has 0 aliphatic heterocycles. The largest absolute Gasteiger partial charge is 0.345 e. The van der Waals surface area contributed by atoms with Crippen LogP contribution in [0.1, 0.15) is 31.7 Å². The van der Waals surface area contributed by atoms with E-state index < -0.39 is 0 Å². The zero-order valence-corrected chi connectivity index (χ0v) is 13.7. The van der Waals surface area contributed by atoms with Crippen LogP contribution in [0.2, 0.25) is 0 Å². The molecule has 23 heavy (non-hydrogen) atoms. The van der Waals surface area contributed by atoms with Gasteiger partial charge in [0, 0.05) is 24.8 Å². The molecule has 0 unspecified atom stereocenters. The molecule has 0 aromatic heterocycles. The molecular formula is C19H23N3O. The van der Waals surface area contributed by atoms with Crippen molar-refractivity contribution in [2.45, 2.75) is 26.2 Å². The maximum atomic E-state index is 11.5. The highest BCUT2D eigenvalue weighted by atomic mass is 16.2. The molecule has 4 nitrogen and oxygen atoms in total. The fourth-order valence-electron chi connectivity index (χ4n) is 2.16. The summed E-state index contributed by atoms with van der Waals surface area (Å²) < 4.78 is 0. The molecule has 2 aromatic carbocycles. The van der Waals surface area contributed by atoms with Crippen molar-refractivity contribution in [3.05, 3.63) is 60.2 Å². The maximum absolute atomic E-state index is 11.5. The number of hydrazone groups is 1. The summed E-state index contributed by atoms with van der Waals surface area (Å²) in [5.74, 6) is -0.0384. The van der Waals surface area contributed by atoms with E-state index in [-0.39, 0.29) is 5.91 Å². The van der Waals surface area contributed by atoms with Crippen molar-refractivity contribution < 1.29 is 4.79 Å². The summed E-state index contributed by atoms with van der Waals surface area (Å²) >= 11 is 0. The van der Waals surface area contributed by atoms with E-state index in [9.17, 15) is 4.79 Å². The minimum Gasteiger partial charge on any atom is -0.345 e. The van der Waals surface area contributed by atoms with Crippen molar-refractivity contribution in [2.75, 3.05) is 11.9 Å². The van der Waals surface area contributed by atoms with Crippen molar-refractivity contribution >= 4 is 23.5 Å². The number of amides is 1. The predicted molar refractivity (Wildman–Crippen MR) is 96.2 cm³/mol. The van der Waals surface area contributed by atoms with Crippen LogP contribution in [0.3, 0.4) is 0 Å². The van der Waals surface area contributed by atoms with Gasteiger partial charge in [0.05, 0.1) is 6.21 Å². The molecule has 0 saturated heterocycles. The first-order valence-corrected chi connectivity index (χ1v) is 7.91. The van der Waals surface area contributed by atoms with Crippen LogP contribution in [-0.2, 0) is 4.79 Å². The predicted octanol–water partition coefficient (Wildman–Crippen LogP) is 4.09. The van der Waals surface area contributed by atoms with E-state index in [4.69, 9.17) is 0 Å². The Hall–Kier alpha value is -2.62. The number of carbonyl (C=O) groups excluding carboxylic acids is 1. The van der Waals surface area contributed by atoms with Gasteiger partial charge in [-0.05, 0) is 36.2 Å². The molecule has 0 spiro atoms. The summed E-state index contributed by atoms with van der Waals surface area (Å²) in [6, 6.07) is 18.2. The van der Waals surface area contributed by atoms with E-state index in [1.807, 2.05) is 49.5 Å². The van der Waals surface area contributed by atoms with Gasteiger partial charge in [0.2, 0.25) is 5.91 Å². The second kappa shape index (κ2) is 8.73. The summed E-state index contributed by atoms with van der Waals surface area (Å²) in [6.07, 6.45) is 4.08. The zero-order valence-electron chi connectivity index (χ0n) is 13.7. The van der Waals surface area contributed by atoms with Crippen molar-refractivity contribution in [1.82, 2.24) is 5.43 Å². The maximum Gasteiger partial charge on any atom is 0.240 e. The summed E-state index contributed by atoms with van der Waals surface area (Å²) in [7, 11) is 2.03. The second-order valence-corrected chi connectivity index (χ2v) is 5.38. The number of hydrogen-bond acceptors (Lipinski definition) is 3. The number of rotatable bonds is 7. The van der Waals surface area contributed by atoms with Crippen molar-refractivity contribution in [2.24, 2.45) is 5.10 Å². The van der Waals surface area contributed by atoms with Crippen LogP contribution in [0.15, 0.2) is 59.7 Å². The first kappa shape index (κ1) is 16.7. The molecule has 120 valence electrons. The van der Waals surface area contributed by atoms with Gasteiger partial charge in [-0.3, -0.25) is 4.79 Å². The zero-order chi connectivity index (χ0) is 16.5. The minimum atomic E-state index is -0.0384. The molecule has 0 radical (unpaired) electrons. The van der Waals surface area contributed by atoms with Crippen LogP contribution in [-0.4, -0.2) is 19.2 Å². The molecule has 4 heteroatoms. The number of nitrogens with zero attached hydrogens (tertiary/aromatic N) is 2. The number of anilines is 2. The van der Waals surface area contributed by atoms with Gasteiger partial charge in [0.15, 0.2) is 0 Å². The van der Waals surface area contributed by atoms with Gasteiger partial charge in [0.1, 0.15) is 0 Å². The first-order valence-electron chi connectivity index (χ1n) is 7.91. The smallest absolute Gasteiger partial charge is 0.240 e. The monoisotopic (exact) mass is 309 g/mol. The molecule has 0 saturated carbocycles. The summed E-state index contributed by atoms with van der Waals surface area (Å²) in [5.41, 5.74) is 5.73. The number of nitrogens with one attached hydrogen (secondary N) is 1. The van der Waals surface area contributed by atoms with E-state index in [2.05, 4.69) is 34.5 Å². The van der Waals surface area contributed by atoms with Crippen LogP contribution in [0, 0.1) is 0 Å². The van der Waals surface area contributed by atoms with Crippen molar-refractivity contribution in [1.29, 1.82) is 0 Å². The Bertz CT molecular complexity index is 635. The SMILES string of the molecule is CCCCC(=O)NN=Cc1ccc(N(C)c2ccccc2)cc1. The molecular weight excluding hydrogens is 286 g/mol. The molecule has 2 rings (SSSR count). The van der Waals surface area contributed by atoms with Gasteiger partial charge in [-0.15, -0.1) is 0 Å². The molecule has 1 N–H and O–H groups in total. The Morgan fingerprint density at radius 3 is 2.39 bits per heavy atom. The fraction of sp³-hybridized carbons (Fsp3) is 0.263. The number of carbonyl (C=O) groups is 1. The normalized spacial score (nSPS) is 10.7. The third-order valence-electron chi connectivity index (χ3n) is 3.58. The third kappa shape index (κ3) is 5.25. The second-order valence-electron chi connectivity index (χ2n) is 5.38. The fourth-order valence-corrected chi connectivity index (χ4v) is 2.16. The number of benzene rings is 2. The van der Waals surface area contributed by atoms with Gasteiger partial charge in [-0.2, -0.15) is 5.10 Å². The third-order valence-corrected chi connectivity index (χ3v) is 3.58. The van der Waals surface area contributed by atoms with E-state index in [1.165, 1.54) is 0 Å². The summed E-state index contributed by atoms with van der Waals surface area (Å²) in [6.45, 7) is 2.06. The summed E-state index contributed by atoms with van der Waals surface area (Å²) in [5, 5.41) is 3.99. The molecule has 1 amide bonds. The Kier molecular flexibility index (Phi) is 6.36. The van der Waals surface area contributed by atoms with E-state index in [1.54, 1.807) is 6.21 Å². The molecule has 0 bridgehead atoms. The van der Waals surface area contributed by atoms with Gasteiger partial charge in [-0.1, -0.05) is 43.7 Å².